The topological polar surface area (TPSA) is 58.1 Å². The van der Waals surface area contributed by atoms with E-state index in [9.17, 15) is 4.79 Å². The Labute approximate surface area is 136 Å². The quantitative estimate of drug-likeness (QED) is 0.890. The van der Waals surface area contributed by atoms with Gasteiger partial charge in [0, 0.05) is 44.6 Å². The van der Waals surface area contributed by atoms with Crippen molar-refractivity contribution < 1.29 is 4.79 Å². The van der Waals surface area contributed by atoms with Crippen molar-refractivity contribution in [2.45, 2.75) is 25.2 Å². The summed E-state index contributed by atoms with van der Waals surface area (Å²) in [4.78, 5) is 22.7. The minimum atomic E-state index is -0.114. The Morgan fingerprint density at radius 3 is 2.39 bits per heavy atom. The van der Waals surface area contributed by atoms with E-state index in [1.165, 1.54) is 11.3 Å². The van der Waals surface area contributed by atoms with E-state index in [1.54, 1.807) is 12.4 Å². The Bertz CT molecular complexity index is 660. The summed E-state index contributed by atoms with van der Waals surface area (Å²) < 4.78 is 0. The van der Waals surface area contributed by atoms with Crippen LogP contribution >= 0.6 is 0 Å². The van der Waals surface area contributed by atoms with Crippen LogP contribution in [0.5, 0.6) is 0 Å². The second-order valence-corrected chi connectivity index (χ2v) is 6.17. The molecule has 0 aliphatic heterocycles. The third kappa shape index (κ3) is 4.06. The zero-order chi connectivity index (χ0) is 16.2. The number of benzene rings is 1. The molecule has 23 heavy (non-hydrogen) atoms. The van der Waals surface area contributed by atoms with Gasteiger partial charge in [-0.3, -0.25) is 4.79 Å². The fraction of sp³-hybridized carbons (Fsp3) is 0.389. The van der Waals surface area contributed by atoms with Crippen molar-refractivity contribution in [2.75, 3.05) is 25.5 Å². The number of rotatable bonds is 6. The molecule has 0 spiro atoms. The molecular weight excluding hydrogens is 288 g/mol. The Kier molecular flexibility index (Phi) is 4.55. The molecule has 5 nitrogen and oxygen atoms in total. The smallest absolute Gasteiger partial charge is 0.254 e. The molecule has 0 unspecified atom stereocenters. The van der Waals surface area contributed by atoms with Crippen molar-refractivity contribution in [2.24, 2.45) is 0 Å². The summed E-state index contributed by atoms with van der Waals surface area (Å²) in [6.45, 7) is 0.602. The lowest BCUT2D eigenvalue weighted by atomic mass is 10.1. The molecule has 2 aromatic rings. The first kappa shape index (κ1) is 15.5. The third-order valence-corrected chi connectivity index (χ3v) is 4.03. The number of hydrogen-bond acceptors (Lipinski definition) is 4. The van der Waals surface area contributed by atoms with Crippen LogP contribution in [-0.2, 0) is 6.42 Å². The van der Waals surface area contributed by atoms with E-state index in [0.717, 1.165) is 25.1 Å². The van der Waals surface area contributed by atoms with E-state index in [-0.39, 0.29) is 5.91 Å². The average Bonchev–Trinajstić information content (AvgIpc) is 3.40. The van der Waals surface area contributed by atoms with E-state index in [0.29, 0.717) is 18.0 Å². The lowest BCUT2D eigenvalue weighted by molar-refractivity contribution is 0.0953. The first-order valence-electron chi connectivity index (χ1n) is 8.00. The van der Waals surface area contributed by atoms with Gasteiger partial charge in [0.1, 0.15) is 5.82 Å². The van der Waals surface area contributed by atoms with Gasteiger partial charge in [0.2, 0.25) is 0 Å². The fourth-order valence-corrected chi connectivity index (χ4v) is 2.39. The average molecular weight is 310 g/mol. The monoisotopic (exact) mass is 310 g/mol. The van der Waals surface area contributed by atoms with Gasteiger partial charge in [0.15, 0.2) is 0 Å². The Hall–Kier alpha value is -2.43. The van der Waals surface area contributed by atoms with Gasteiger partial charge in [-0.2, -0.15) is 0 Å². The van der Waals surface area contributed by atoms with Gasteiger partial charge >= 0.3 is 0 Å². The molecule has 1 N–H and O–H groups in total. The minimum absolute atomic E-state index is 0.114. The number of hydrogen-bond donors (Lipinski definition) is 1. The molecule has 0 radical (unpaired) electrons. The highest BCUT2D eigenvalue weighted by Crippen LogP contribution is 2.37. The van der Waals surface area contributed by atoms with Gasteiger partial charge < -0.3 is 10.2 Å². The lowest BCUT2D eigenvalue weighted by Gasteiger charge is -2.12. The maximum Gasteiger partial charge on any atom is 0.254 e. The predicted molar refractivity (Wildman–Crippen MR) is 90.8 cm³/mol. The number of carbonyl (C=O) groups is 1. The molecule has 1 aromatic heterocycles. The van der Waals surface area contributed by atoms with E-state index < -0.39 is 0 Å². The van der Waals surface area contributed by atoms with Crippen LogP contribution < -0.4 is 10.2 Å². The maximum absolute atomic E-state index is 12.1. The van der Waals surface area contributed by atoms with Gasteiger partial charge in [-0.25, -0.2) is 9.97 Å². The van der Waals surface area contributed by atoms with Gasteiger partial charge in [-0.05, 0) is 37.0 Å². The Balaban J connectivity index is 1.48. The summed E-state index contributed by atoms with van der Waals surface area (Å²) in [5, 5.41) is 2.92. The van der Waals surface area contributed by atoms with Crippen molar-refractivity contribution in [3.63, 3.8) is 0 Å². The molecule has 120 valence electrons. The second-order valence-electron chi connectivity index (χ2n) is 6.17. The highest BCUT2D eigenvalue weighted by atomic mass is 16.1. The Morgan fingerprint density at radius 2 is 1.83 bits per heavy atom. The molecule has 1 aliphatic rings. The molecule has 0 bridgehead atoms. The van der Waals surface area contributed by atoms with E-state index in [4.69, 9.17) is 0 Å². The third-order valence-electron chi connectivity index (χ3n) is 4.03. The molecular formula is C18H22N4O. The first-order chi connectivity index (χ1) is 11.1. The molecule has 1 heterocycles. The molecule has 1 aliphatic carbocycles. The summed E-state index contributed by atoms with van der Waals surface area (Å²) >= 11 is 0. The van der Waals surface area contributed by atoms with Gasteiger partial charge in [0.05, 0.1) is 5.56 Å². The van der Waals surface area contributed by atoms with Crippen molar-refractivity contribution in [3.05, 3.63) is 53.6 Å². The van der Waals surface area contributed by atoms with Crippen LogP contribution in [0, 0.1) is 0 Å². The normalized spacial score (nSPS) is 13.7. The summed E-state index contributed by atoms with van der Waals surface area (Å²) in [6.07, 6.45) is 6.39. The molecule has 0 atom stereocenters. The first-order valence-corrected chi connectivity index (χ1v) is 8.00. The van der Waals surface area contributed by atoms with Crippen LogP contribution in [0.25, 0.3) is 0 Å². The molecule has 1 aromatic carbocycles. The highest BCUT2D eigenvalue weighted by molar-refractivity contribution is 5.93. The SMILES string of the molecule is CN(C)c1ccc(CCNC(=O)c2cnc(C3CC3)nc2)cc1. The van der Waals surface area contributed by atoms with Crippen molar-refractivity contribution in [1.82, 2.24) is 15.3 Å². The molecule has 1 amide bonds. The number of nitrogens with zero attached hydrogens (tertiary/aromatic N) is 3. The summed E-state index contributed by atoms with van der Waals surface area (Å²) in [6, 6.07) is 8.35. The van der Waals surface area contributed by atoms with Crippen molar-refractivity contribution in [3.8, 4) is 0 Å². The van der Waals surface area contributed by atoms with Crippen LogP contribution in [0.1, 0.15) is 40.5 Å². The second kappa shape index (κ2) is 6.77. The van der Waals surface area contributed by atoms with Crippen LogP contribution in [-0.4, -0.2) is 36.5 Å². The molecule has 3 rings (SSSR count). The summed E-state index contributed by atoms with van der Waals surface area (Å²) in [5.41, 5.74) is 2.90. The van der Waals surface area contributed by atoms with Crippen LogP contribution in [0.2, 0.25) is 0 Å². The molecule has 1 fully saturated rings. The van der Waals surface area contributed by atoms with Gasteiger partial charge in [-0.1, -0.05) is 12.1 Å². The Morgan fingerprint density at radius 1 is 1.17 bits per heavy atom. The van der Waals surface area contributed by atoms with E-state index in [1.807, 2.05) is 14.1 Å². The van der Waals surface area contributed by atoms with Crippen molar-refractivity contribution in [1.29, 1.82) is 0 Å². The number of amides is 1. The minimum Gasteiger partial charge on any atom is -0.378 e. The molecule has 1 saturated carbocycles. The fourth-order valence-electron chi connectivity index (χ4n) is 2.39. The summed E-state index contributed by atoms with van der Waals surface area (Å²) in [5.74, 6) is 1.26. The predicted octanol–water partition coefficient (Wildman–Crippen LogP) is 2.39. The standard InChI is InChI=1S/C18H22N4O/c1-22(2)16-7-3-13(4-8-16)9-10-19-18(23)15-11-20-17(21-12-15)14-5-6-14/h3-4,7-8,11-12,14H,5-6,9-10H2,1-2H3,(H,19,23). The zero-order valence-electron chi connectivity index (χ0n) is 13.6. The number of anilines is 1. The highest BCUT2D eigenvalue weighted by Gasteiger charge is 2.26. The van der Waals surface area contributed by atoms with E-state index in [2.05, 4.69) is 44.5 Å². The summed E-state index contributed by atoms with van der Waals surface area (Å²) in [7, 11) is 4.04. The van der Waals surface area contributed by atoms with Gasteiger partial charge in [-0.15, -0.1) is 0 Å². The lowest BCUT2D eigenvalue weighted by Crippen LogP contribution is -2.26. The molecule has 0 saturated heterocycles. The van der Waals surface area contributed by atoms with Crippen LogP contribution in [0.15, 0.2) is 36.7 Å². The van der Waals surface area contributed by atoms with E-state index >= 15 is 0 Å². The van der Waals surface area contributed by atoms with Gasteiger partial charge in [0.25, 0.3) is 5.91 Å². The zero-order valence-corrected chi connectivity index (χ0v) is 13.6. The number of carbonyl (C=O) groups excluding carboxylic acids is 1. The maximum atomic E-state index is 12.1. The number of aromatic nitrogens is 2. The number of nitrogens with one attached hydrogen (secondary N) is 1. The van der Waals surface area contributed by atoms with Crippen LogP contribution in [0.3, 0.4) is 0 Å². The van der Waals surface area contributed by atoms with Crippen LogP contribution in [0.4, 0.5) is 5.69 Å². The molecule has 5 heteroatoms. The largest absolute Gasteiger partial charge is 0.378 e. The van der Waals surface area contributed by atoms with Crippen molar-refractivity contribution >= 4 is 11.6 Å².